The number of nitrogens with zero attached hydrogens (tertiary/aromatic N) is 2. The fraction of sp³-hybridized carbons (Fsp3) is 0.769. The average Bonchev–Trinajstić information content (AvgIpc) is 2.78. The van der Waals surface area contributed by atoms with Gasteiger partial charge in [-0.3, -0.25) is 10.1 Å². The molecule has 0 aromatic carbocycles. The highest BCUT2D eigenvalue weighted by Crippen LogP contribution is 2.32. The first kappa shape index (κ1) is 16.0. The average molecular weight is 284 g/mol. The molecule has 0 aliphatic carbocycles. The fourth-order valence-corrected chi connectivity index (χ4v) is 2.80. The van der Waals surface area contributed by atoms with Crippen molar-refractivity contribution in [3.05, 3.63) is 5.01 Å². The molecule has 0 saturated heterocycles. The van der Waals surface area contributed by atoms with E-state index < -0.39 is 6.04 Å². The summed E-state index contributed by atoms with van der Waals surface area (Å²) in [6.07, 6.45) is 3.71. The van der Waals surface area contributed by atoms with Crippen molar-refractivity contribution in [1.82, 2.24) is 10.2 Å². The Morgan fingerprint density at radius 2 is 2.05 bits per heavy atom. The van der Waals surface area contributed by atoms with Crippen LogP contribution >= 0.6 is 11.3 Å². The Labute approximate surface area is 119 Å². The van der Waals surface area contributed by atoms with Gasteiger partial charge in [0, 0.05) is 5.41 Å². The number of hydrogen-bond acceptors (Lipinski definition) is 5. The van der Waals surface area contributed by atoms with Crippen molar-refractivity contribution in [2.24, 2.45) is 5.73 Å². The van der Waals surface area contributed by atoms with Crippen LogP contribution < -0.4 is 11.1 Å². The van der Waals surface area contributed by atoms with E-state index in [0.29, 0.717) is 11.6 Å². The van der Waals surface area contributed by atoms with Gasteiger partial charge < -0.3 is 5.73 Å². The van der Waals surface area contributed by atoms with Crippen LogP contribution in [0.2, 0.25) is 0 Å². The van der Waals surface area contributed by atoms with Crippen LogP contribution in [0.4, 0.5) is 5.13 Å². The Bertz CT molecular complexity index is 417. The summed E-state index contributed by atoms with van der Waals surface area (Å²) in [6, 6.07) is -0.471. The highest BCUT2D eigenvalue weighted by molar-refractivity contribution is 7.15. The zero-order valence-electron chi connectivity index (χ0n) is 12.2. The van der Waals surface area contributed by atoms with Crippen LogP contribution in [0.15, 0.2) is 0 Å². The monoisotopic (exact) mass is 284 g/mol. The van der Waals surface area contributed by atoms with Gasteiger partial charge in [-0.25, -0.2) is 0 Å². The zero-order valence-corrected chi connectivity index (χ0v) is 13.0. The smallest absolute Gasteiger partial charge is 0.243 e. The number of hydrogen-bond donors (Lipinski definition) is 2. The highest BCUT2D eigenvalue weighted by Gasteiger charge is 2.25. The Morgan fingerprint density at radius 3 is 2.63 bits per heavy atom. The second-order valence-corrected chi connectivity index (χ2v) is 6.41. The molecule has 1 rings (SSSR count). The minimum absolute atomic E-state index is 0.000922. The zero-order chi connectivity index (χ0) is 14.5. The molecule has 1 aromatic rings. The molecule has 19 heavy (non-hydrogen) atoms. The quantitative estimate of drug-likeness (QED) is 0.806. The predicted molar refractivity (Wildman–Crippen MR) is 79.4 cm³/mol. The minimum atomic E-state index is -0.471. The second-order valence-electron chi connectivity index (χ2n) is 5.43. The van der Waals surface area contributed by atoms with Crippen LogP contribution in [0.1, 0.15) is 58.4 Å². The van der Waals surface area contributed by atoms with Crippen molar-refractivity contribution in [2.75, 3.05) is 5.32 Å². The van der Waals surface area contributed by atoms with Crippen molar-refractivity contribution in [1.29, 1.82) is 0 Å². The fourth-order valence-electron chi connectivity index (χ4n) is 1.92. The minimum Gasteiger partial charge on any atom is -0.320 e. The number of rotatable bonds is 7. The predicted octanol–water partition coefficient (Wildman–Crippen LogP) is 2.68. The molecule has 1 aromatic heterocycles. The first-order valence-electron chi connectivity index (χ1n) is 6.81. The number of aromatic nitrogens is 2. The molecule has 0 aliphatic rings. The summed E-state index contributed by atoms with van der Waals surface area (Å²) in [6.45, 7) is 8.44. The normalized spacial score (nSPS) is 13.3. The Morgan fingerprint density at radius 1 is 1.37 bits per heavy atom. The summed E-state index contributed by atoms with van der Waals surface area (Å²) in [5, 5.41) is 12.4. The number of carbonyl (C=O) groups is 1. The van der Waals surface area contributed by atoms with E-state index in [1.54, 1.807) is 0 Å². The molecule has 6 heteroatoms. The molecule has 108 valence electrons. The first-order valence-corrected chi connectivity index (χ1v) is 7.62. The van der Waals surface area contributed by atoms with Gasteiger partial charge >= 0.3 is 0 Å². The summed E-state index contributed by atoms with van der Waals surface area (Å²) >= 11 is 1.43. The van der Waals surface area contributed by atoms with Gasteiger partial charge in [0.15, 0.2) is 0 Å². The molecule has 0 saturated carbocycles. The van der Waals surface area contributed by atoms with E-state index in [0.717, 1.165) is 24.3 Å². The number of nitrogens with one attached hydrogen (secondary N) is 1. The lowest BCUT2D eigenvalue weighted by atomic mass is 9.89. The van der Waals surface area contributed by atoms with E-state index in [1.807, 2.05) is 6.92 Å². The van der Waals surface area contributed by atoms with E-state index >= 15 is 0 Å². The van der Waals surface area contributed by atoms with Gasteiger partial charge in [-0.05, 0) is 12.8 Å². The maximum absolute atomic E-state index is 11.8. The summed E-state index contributed by atoms with van der Waals surface area (Å²) in [5.74, 6) is -0.183. The van der Waals surface area contributed by atoms with Crippen molar-refractivity contribution < 1.29 is 4.79 Å². The maximum atomic E-state index is 11.8. The second kappa shape index (κ2) is 6.96. The number of carbonyl (C=O) groups excluding carboxylic acids is 1. The summed E-state index contributed by atoms with van der Waals surface area (Å²) in [7, 11) is 0. The lowest BCUT2D eigenvalue weighted by molar-refractivity contribution is -0.117. The van der Waals surface area contributed by atoms with Crippen LogP contribution in [-0.2, 0) is 10.2 Å². The van der Waals surface area contributed by atoms with Gasteiger partial charge in [-0.2, -0.15) is 0 Å². The molecule has 1 unspecified atom stereocenters. The van der Waals surface area contributed by atoms with E-state index in [1.165, 1.54) is 11.3 Å². The molecule has 0 fully saturated rings. The van der Waals surface area contributed by atoms with Crippen molar-refractivity contribution in [3.8, 4) is 0 Å². The number of nitrogens with two attached hydrogens (primary N) is 1. The van der Waals surface area contributed by atoms with Gasteiger partial charge in [0.2, 0.25) is 11.0 Å². The van der Waals surface area contributed by atoms with Crippen LogP contribution in [0.3, 0.4) is 0 Å². The van der Waals surface area contributed by atoms with E-state index in [4.69, 9.17) is 5.73 Å². The third-order valence-electron chi connectivity index (χ3n) is 3.05. The third kappa shape index (κ3) is 4.54. The molecular weight excluding hydrogens is 260 g/mol. The standard InChI is InChI=1S/C13H24N4OS/c1-5-7-9(14)10(18)15-12-17-16-11(19-12)13(3,4)8-6-2/h9H,5-8,14H2,1-4H3,(H,15,17,18). The Kier molecular flexibility index (Phi) is 5.87. The highest BCUT2D eigenvalue weighted by atomic mass is 32.1. The van der Waals surface area contributed by atoms with Crippen molar-refractivity contribution in [3.63, 3.8) is 0 Å². The molecular formula is C13H24N4OS. The molecule has 1 atom stereocenters. The lowest BCUT2D eigenvalue weighted by Crippen LogP contribution is -2.35. The molecule has 0 spiro atoms. The van der Waals surface area contributed by atoms with Crippen LogP contribution in [0.25, 0.3) is 0 Å². The van der Waals surface area contributed by atoms with E-state index in [9.17, 15) is 4.79 Å². The summed E-state index contributed by atoms with van der Waals surface area (Å²) in [4.78, 5) is 11.8. The van der Waals surface area contributed by atoms with Crippen molar-refractivity contribution >= 4 is 22.4 Å². The molecule has 1 amide bonds. The molecule has 0 aliphatic heterocycles. The van der Waals surface area contributed by atoms with E-state index in [-0.39, 0.29) is 11.3 Å². The molecule has 5 nitrogen and oxygen atoms in total. The SMILES string of the molecule is CCCC(N)C(=O)Nc1nnc(C(C)(C)CCC)s1. The van der Waals surface area contributed by atoms with Crippen LogP contribution in [-0.4, -0.2) is 22.1 Å². The topological polar surface area (TPSA) is 80.9 Å². The van der Waals surface area contributed by atoms with Gasteiger partial charge in [0.1, 0.15) is 5.01 Å². The van der Waals surface area contributed by atoms with Gasteiger partial charge in [0.05, 0.1) is 6.04 Å². The van der Waals surface area contributed by atoms with Gasteiger partial charge in [-0.1, -0.05) is 51.9 Å². The Balaban J connectivity index is 2.67. The van der Waals surface area contributed by atoms with Crippen LogP contribution in [0.5, 0.6) is 0 Å². The van der Waals surface area contributed by atoms with Gasteiger partial charge in [-0.15, -0.1) is 10.2 Å². The number of anilines is 1. The van der Waals surface area contributed by atoms with Gasteiger partial charge in [0.25, 0.3) is 0 Å². The Hall–Kier alpha value is -1.01. The molecule has 0 radical (unpaired) electrons. The summed E-state index contributed by atoms with van der Waals surface area (Å²) in [5.41, 5.74) is 5.76. The largest absolute Gasteiger partial charge is 0.320 e. The van der Waals surface area contributed by atoms with Crippen LogP contribution in [0, 0.1) is 0 Å². The number of amides is 1. The van der Waals surface area contributed by atoms with Crippen molar-refractivity contribution in [2.45, 2.75) is 64.8 Å². The van der Waals surface area contributed by atoms with E-state index in [2.05, 4.69) is 36.3 Å². The lowest BCUT2D eigenvalue weighted by Gasteiger charge is -2.19. The maximum Gasteiger partial charge on any atom is 0.243 e. The molecule has 1 heterocycles. The molecule has 3 N–H and O–H groups in total. The first-order chi connectivity index (χ1) is 8.90. The third-order valence-corrected chi connectivity index (χ3v) is 4.25. The molecule has 0 bridgehead atoms. The summed E-state index contributed by atoms with van der Waals surface area (Å²) < 4.78 is 0.